The normalized spacial score (nSPS) is 24.2. The fraction of sp³-hybridized carbons (Fsp3) is 0.706. The highest BCUT2D eigenvalue weighted by molar-refractivity contribution is 5.50. The van der Waals surface area contributed by atoms with Crippen LogP contribution in [0, 0.1) is 11.3 Å². The Morgan fingerprint density at radius 2 is 2.16 bits per heavy atom. The zero-order chi connectivity index (χ0) is 13.9. The Morgan fingerprint density at radius 1 is 1.37 bits per heavy atom. The number of anilines is 1. The highest BCUT2D eigenvalue weighted by Crippen LogP contribution is 2.46. The molecule has 0 amide bonds. The largest absolute Gasteiger partial charge is 0.387 e. The van der Waals surface area contributed by atoms with Gasteiger partial charge in [0, 0.05) is 13.2 Å². The van der Waals surface area contributed by atoms with Crippen LogP contribution in [0.25, 0.3) is 0 Å². The summed E-state index contributed by atoms with van der Waals surface area (Å²) in [6.45, 7) is 7.20. The predicted octanol–water partition coefficient (Wildman–Crippen LogP) is 4.83. The molecule has 2 heteroatoms. The second kappa shape index (κ2) is 5.94. The van der Waals surface area contributed by atoms with E-state index in [0.29, 0.717) is 11.3 Å². The summed E-state index contributed by atoms with van der Waals surface area (Å²) >= 11 is 0. The van der Waals surface area contributed by atoms with Crippen LogP contribution in [0.4, 0.5) is 5.69 Å². The van der Waals surface area contributed by atoms with Crippen molar-refractivity contribution in [3.8, 4) is 0 Å². The number of rotatable bonds is 4. The molecule has 1 aliphatic rings. The highest BCUT2D eigenvalue weighted by Gasteiger charge is 2.33. The maximum atomic E-state index is 4.23. The molecule has 0 bridgehead atoms. The van der Waals surface area contributed by atoms with Crippen LogP contribution in [-0.4, -0.2) is 12.0 Å². The van der Waals surface area contributed by atoms with Crippen molar-refractivity contribution in [2.24, 2.45) is 11.3 Å². The van der Waals surface area contributed by atoms with E-state index in [0.717, 1.165) is 5.92 Å². The molecule has 0 radical (unpaired) electrons. The zero-order valence-electron chi connectivity index (χ0n) is 12.9. The number of hydrogen-bond acceptors (Lipinski definition) is 2. The number of pyridine rings is 1. The second-order valence-corrected chi connectivity index (χ2v) is 6.62. The molecular weight excluding hydrogens is 232 g/mol. The van der Waals surface area contributed by atoms with Gasteiger partial charge >= 0.3 is 0 Å². The van der Waals surface area contributed by atoms with Crippen LogP contribution in [0.2, 0.25) is 0 Å². The van der Waals surface area contributed by atoms with Gasteiger partial charge in [0.1, 0.15) is 0 Å². The van der Waals surface area contributed by atoms with Gasteiger partial charge < -0.3 is 5.32 Å². The van der Waals surface area contributed by atoms with Crippen LogP contribution >= 0.6 is 0 Å². The fourth-order valence-electron chi connectivity index (χ4n) is 3.44. The van der Waals surface area contributed by atoms with Crippen LogP contribution in [-0.2, 0) is 0 Å². The highest BCUT2D eigenvalue weighted by atomic mass is 14.8. The average Bonchev–Trinajstić information content (AvgIpc) is 2.47. The topological polar surface area (TPSA) is 24.9 Å². The second-order valence-electron chi connectivity index (χ2n) is 6.62. The molecule has 106 valence electrons. The third-order valence-corrected chi connectivity index (χ3v) is 5.25. The Labute approximate surface area is 118 Å². The van der Waals surface area contributed by atoms with E-state index in [1.165, 1.54) is 43.4 Å². The molecule has 2 nitrogen and oxygen atoms in total. The standard InChI is InChI=1S/C17H28N2/c1-5-17(2,3)14-8-6-7-13(11-14)15-9-10-19-12-16(15)18-4/h9-10,12-14,18H,5-8,11H2,1-4H3. The van der Waals surface area contributed by atoms with Gasteiger partial charge in [-0.25, -0.2) is 0 Å². The van der Waals surface area contributed by atoms with Crippen molar-refractivity contribution >= 4 is 5.69 Å². The quantitative estimate of drug-likeness (QED) is 0.838. The summed E-state index contributed by atoms with van der Waals surface area (Å²) in [5, 5.41) is 3.30. The molecule has 0 aliphatic heterocycles. The van der Waals surface area contributed by atoms with Gasteiger partial charge in [0.2, 0.25) is 0 Å². The van der Waals surface area contributed by atoms with Crippen molar-refractivity contribution in [2.45, 2.75) is 58.8 Å². The molecule has 0 saturated heterocycles. The van der Waals surface area contributed by atoms with Crippen LogP contribution < -0.4 is 5.32 Å². The molecule has 1 saturated carbocycles. The van der Waals surface area contributed by atoms with E-state index in [9.17, 15) is 0 Å². The Bertz CT molecular complexity index is 411. The predicted molar refractivity (Wildman–Crippen MR) is 82.6 cm³/mol. The zero-order valence-corrected chi connectivity index (χ0v) is 12.9. The third-order valence-electron chi connectivity index (χ3n) is 5.25. The van der Waals surface area contributed by atoms with Crippen LogP contribution in [0.1, 0.15) is 64.4 Å². The summed E-state index contributed by atoms with van der Waals surface area (Å²) in [6.07, 6.45) is 10.6. The maximum Gasteiger partial charge on any atom is 0.0559 e. The molecule has 1 aromatic rings. The van der Waals surface area contributed by atoms with Crippen molar-refractivity contribution < 1.29 is 0 Å². The molecule has 0 aromatic carbocycles. The number of nitrogens with zero attached hydrogens (tertiary/aromatic N) is 1. The lowest BCUT2D eigenvalue weighted by Gasteiger charge is -2.40. The summed E-state index contributed by atoms with van der Waals surface area (Å²) in [4.78, 5) is 4.23. The van der Waals surface area contributed by atoms with E-state index in [4.69, 9.17) is 0 Å². The van der Waals surface area contributed by atoms with Gasteiger partial charge in [-0.15, -0.1) is 0 Å². The maximum absolute atomic E-state index is 4.23. The minimum absolute atomic E-state index is 0.478. The van der Waals surface area contributed by atoms with E-state index in [1.807, 2.05) is 19.4 Å². The van der Waals surface area contributed by atoms with Crippen molar-refractivity contribution in [1.29, 1.82) is 0 Å². The lowest BCUT2D eigenvalue weighted by atomic mass is 9.66. The van der Waals surface area contributed by atoms with Gasteiger partial charge in [-0.1, -0.05) is 33.6 Å². The first kappa shape index (κ1) is 14.4. The molecule has 1 heterocycles. The van der Waals surface area contributed by atoms with Crippen LogP contribution in [0.5, 0.6) is 0 Å². The van der Waals surface area contributed by atoms with Crippen LogP contribution in [0.3, 0.4) is 0 Å². The molecule has 1 N–H and O–H groups in total. The van der Waals surface area contributed by atoms with Crippen molar-refractivity contribution in [1.82, 2.24) is 4.98 Å². The average molecular weight is 260 g/mol. The van der Waals surface area contributed by atoms with Crippen molar-refractivity contribution in [3.63, 3.8) is 0 Å². The van der Waals surface area contributed by atoms with Gasteiger partial charge in [-0.05, 0) is 48.1 Å². The van der Waals surface area contributed by atoms with Gasteiger partial charge in [0.15, 0.2) is 0 Å². The van der Waals surface area contributed by atoms with Gasteiger partial charge in [-0.2, -0.15) is 0 Å². The van der Waals surface area contributed by atoms with Crippen molar-refractivity contribution in [3.05, 3.63) is 24.0 Å². The molecule has 1 aliphatic carbocycles. The first-order valence-electron chi connectivity index (χ1n) is 7.70. The van der Waals surface area contributed by atoms with E-state index in [1.54, 1.807) is 0 Å². The van der Waals surface area contributed by atoms with E-state index < -0.39 is 0 Å². The lowest BCUT2D eigenvalue weighted by molar-refractivity contribution is 0.141. The first-order valence-corrected chi connectivity index (χ1v) is 7.70. The van der Waals surface area contributed by atoms with Gasteiger partial charge in [0.05, 0.1) is 11.9 Å². The Kier molecular flexibility index (Phi) is 4.49. The fourth-order valence-corrected chi connectivity index (χ4v) is 3.44. The Balaban J connectivity index is 2.17. The van der Waals surface area contributed by atoms with Gasteiger partial charge in [0.25, 0.3) is 0 Å². The molecule has 2 atom stereocenters. The molecule has 2 unspecified atom stereocenters. The number of aromatic nitrogens is 1. The van der Waals surface area contributed by atoms with Crippen LogP contribution in [0.15, 0.2) is 18.5 Å². The summed E-state index contributed by atoms with van der Waals surface area (Å²) in [7, 11) is 2.00. The monoisotopic (exact) mass is 260 g/mol. The SMILES string of the molecule is CCC(C)(C)C1CCCC(c2ccncc2NC)C1. The minimum Gasteiger partial charge on any atom is -0.387 e. The Hall–Kier alpha value is -1.05. The number of hydrogen-bond donors (Lipinski definition) is 1. The van der Waals surface area contributed by atoms with E-state index >= 15 is 0 Å². The Morgan fingerprint density at radius 3 is 2.84 bits per heavy atom. The van der Waals surface area contributed by atoms with E-state index in [-0.39, 0.29) is 0 Å². The van der Waals surface area contributed by atoms with Crippen molar-refractivity contribution in [2.75, 3.05) is 12.4 Å². The van der Waals surface area contributed by atoms with E-state index in [2.05, 4.69) is 37.1 Å². The minimum atomic E-state index is 0.478. The smallest absolute Gasteiger partial charge is 0.0559 e. The summed E-state index contributed by atoms with van der Waals surface area (Å²) in [5.41, 5.74) is 3.16. The lowest BCUT2D eigenvalue weighted by Crippen LogP contribution is -2.28. The molecule has 0 spiro atoms. The summed E-state index contributed by atoms with van der Waals surface area (Å²) in [6, 6.07) is 2.21. The molecule has 19 heavy (non-hydrogen) atoms. The van der Waals surface area contributed by atoms with Gasteiger partial charge in [-0.3, -0.25) is 4.98 Å². The third kappa shape index (κ3) is 3.10. The summed E-state index contributed by atoms with van der Waals surface area (Å²) in [5.74, 6) is 1.56. The summed E-state index contributed by atoms with van der Waals surface area (Å²) < 4.78 is 0. The molecule has 1 fully saturated rings. The molecule has 2 rings (SSSR count). The first-order chi connectivity index (χ1) is 9.08. The molecule has 1 aromatic heterocycles. The molecular formula is C17H28N2. The number of nitrogens with one attached hydrogen (secondary N) is 1.